The molecule has 4 heteroatoms. The summed E-state index contributed by atoms with van der Waals surface area (Å²) in [6, 6.07) is 6.95. The first kappa shape index (κ1) is 18.3. The molecule has 1 aliphatic rings. The zero-order valence-electron chi connectivity index (χ0n) is 14.7. The first-order chi connectivity index (χ1) is 10.8. The van der Waals surface area contributed by atoms with Crippen LogP contribution in [-0.2, 0) is 17.6 Å². The Hall–Kier alpha value is -1.00. The molecule has 1 aromatic rings. The smallest absolute Gasteiger partial charge is 0.319 e. The Morgan fingerprint density at radius 2 is 2.04 bits per heavy atom. The summed E-state index contributed by atoms with van der Waals surface area (Å²) in [5.74, 6) is 0.00226. The average Bonchev–Trinajstić information content (AvgIpc) is 2.84. The Morgan fingerprint density at radius 3 is 2.70 bits per heavy atom. The fourth-order valence-corrected chi connectivity index (χ4v) is 3.97. The standard InChI is InChI=1S/C19H29NO2S/c1-13(2)6-5-9-20-16-10-14-7-8-17(12-15(14)11-16)23-19(3,4)18(21)22/h7-8,12-13,16,20H,5-6,9-11H2,1-4H3,(H,21,22). The van der Waals surface area contributed by atoms with Crippen LogP contribution in [0, 0.1) is 5.92 Å². The maximum absolute atomic E-state index is 11.3. The van der Waals surface area contributed by atoms with Crippen molar-refractivity contribution in [1.29, 1.82) is 0 Å². The van der Waals surface area contributed by atoms with Crippen molar-refractivity contribution in [1.82, 2.24) is 5.32 Å². The lowest BCUT2D eigenvalue weighted by atomic mass is 10.1. The maximum Gasteiger partial charge on any atom is 0.319 e. The van der Waals surface area contributed by atoms with Crippen molar-refractivity contribution in [2.45, 2.75) is 69.1 Å². The molecule has 0 heterocycles. The Morgan fingerprint density at radius 1 is 1.35 bits per heavy atom. The van der Waals surface area contributed by atoms with Gasteiger partial charge in [-0.15, -0.1) is 11.8 Å². The van der Waals surface area contributed by atoms with Gasteiger partial charge >= 0.3 is 5.97 Å². The monoisotopic (exact) mass is 335 g/mol. The van der Waals surface area contributed by atoms with Gasteiger partial charge in [-0.1, -0.05) is 19.9 Å². The number of benzene rings is 1. The molecule has 2 N–H and O–H groups in total. The molecule has 128 valence electrons. The summed E-state index contributed by atoms with van der Waals surface area (Å²) in [4.78, 5) is 12.3. The number of rotatable bonds is 8. The minimum absolute atomic E-state index is 0.532. The molecule has 0 fully saturated rings. The summed E-state index contributed by atoms with van der Waals surface area (Å²) >= 11 is 1.43. The predicted molar refractivity (Wildman–Crippen MR) is 97.3 cm³/mol. The lowest BCUT2D eigenvalue weighted by molar-refractivity contribution is -0.138. The number of hydrogen-bond acceptors (Lipinski definition) is 3. The van der Waals surface area contributed by atoms with Gasteiger partial charge in [-0.2, -0.15) is 0 Å². The zero-order chi connectivity index (χ0) is 17.0. The summed E-state index contributed by atoms with van der Waals surface area (Å²) in [6.07, 6.45) is 4.65. The van der Waals surface area contributed by atoms with Crippen LogP contribution in [0.5, 0.6) is 0 Å². The second-order valence-electron chi connectivity index (χ2n) is 7.44. The van der Waals surface area contributed by atoms with E-state index < -0.39 is 10.7 Å². The van der Waals surface area contributed by atoms with Crippen LogP contribution >= 0.6 is 11.8 Å². The molecule has 1 unspecified atom stereocenters. The van der Waals surface area contributed by atoms with Crippen molar-refractivity contribution < 1.29 is 9.90 Å². The van der Waals surface area contributed by atoms with Crippen molar-refractivity contribution >= 4 is 17.7 Å². The lowest BCUT2D eigenvalue weighted by Crippen LogP contribution is -2.30. The molecule has 0 aromatic heterocycles. The second kappa shape index (κ2) is 7.71. The number of carboxylic acid groups (broad SMARTS) is 1. The van der Waals surface area contributed by atoms with E-state index in [2.05, 4.69) is 37.4 Å². The molecule has 0 saturated carbocycles. The largest absolute Gasteiger partial charge is 0.480 e. The summed E-state index contributed by atoms with van der Waals surface area (Å²) in [7, 11) is 0. The molecule has 1 aliphatic carbocycles. The quantitative estimate of drug-likeness (QED) is 0.554. The van der Waals surface area contributed by atoms with E-state index in [1.807, 2.05) is 0 Å². The van der Waals surface area contributed by atoms with Crippen molar-refractivity contribution in [3.05, 3.63) is 29.3 Å². The molecule has 2 rings (SSSR count). The topological polar surface area (TPSA) is 49.3 Å². The number of carboxylic acids is 1. The predicted octanol–water partition coefficient (Wildman–Crippen LogP) is 4.13. The van der Waals surface area contributed by atoms with Gasteiger partial charge in [0, 0.05) is 10.9 Å². The number of fused-ring (bicyclic) bond motifs is 1. The molecular weight excluding hydrogens is 306 g/mol. The number of aliphatic carboxylic acids is 1. The van der Waals surface area contributed by atoms with Crippen LogP contribution in [0.4, 0.5) is 0 Å². The Labute approximate surface area is 144 Å². The molecule has 1 aromatic carbocycles. The average molecular weight is 336 g/mol. The molecule has 0 bridgehead atoms. The summed E-state index contributed by atoms with van der Waals surface area (Å²) in [5.41, 5.74) is 2.78. The summed E-state index contributed by atoms with van der Waals surface area (Å²) < 4.78 is -0.790. The highest BCUT2D eigenvalue weighted by atomic mass is 32.2. The molecule has 0 aliphatic heterocycles. The third-order valence-corrected chi connectivity index (χ3v) is 5.56. The molecule has 3 nitrogen and oxygen atoms in total. The van der Waals surface area contributed by atoms with Crippen molar-refractivity contribution in [3.8, 4) is 0 Å². The number of carbonyl (C=O) groups is 1. The van der Waals surface area contributed by atoms with Crippen LogP contribution in [0.15, 0.2) is 23.1 Å². The first-order valence-corrected chi connectivity index (χ1v) is 9.37. The minimum atomic E-state index is -0.790. The van der Waals surface area contributed by atoms with Crippen LogP contribution in [0.3, 0.4) is 0 Å². The maximum atomic E-state index is 11.3. The van der Waals surface area contributed by atoms with Crippen molar-refractivity contribution in [3.63, 3.8) is 0 Å². The summed E-state index contributed by atoms with van der Waals surface area (Å²) in [5, 5.41) is 12.9. The van der Waals surface area contributed by atoms with Crippen LogP contribution in [-0.4, -0.2) is 28.4 Å². The van der Waals surface area contributed by atoms with E-state index in [-0.39, 0.29) is 0 Å². The van der Waals surface area contributed by atoms with E-state index in [0.717, 1.165) is 30.2 Å². The van der Waals surface area contributed by atoms with Gasteiger partial charge in [0.25, 0.3) is 0 Å². The fraction of sp³-hybridized carbons (Fsp3) is 0.632. The highest BCUT2D eigenvalue weighted by Gasteiger charge is 2.29. The van der Waals surface area contributed by atoms with Crippen molar-refractivity contribution in [2.75, 3.05) is 6.54 Å². The normalized spacial score (nSPS) is 17.5. The van der Waals surface area contributed by atoms with Gasteiger partial charge in [-0.25, -0.2) is 0 Å². The molecule has 0 spiro atoms. The third-order valence-electron chi connectivity index (χ3n) is 4.39. The number of hydrogen-bond donors (Lipinski definition) is 2. The molecule has 0 amide bonds. The molecule has 0 saturated heterocycles. The van der Waals surface area contributed by atoms with Gasteiger partial charge in [0.1, 0.15) is 4.75 Å². The number of thioether (sulfide) groups is 1. The molecule has 23 heavy (non-hydrogen) atoms. The highest BCUT2D eigenvalue weighted by Crippen LogP contribution is 2.35. The van der Waals surface area contributed by atoms with Gasteiger partial charge in [0.15, 0.2) is 0 Å². The van der Waals surface area contributed by atoms with E-state index in [1.54, 1.807) is 13.8 Å². The molecular formula is C19H29NO2S. The lowest BCUT2D eigenvalue weighted by Gasteiger charge is -2.18. The summed E-state index contributed by atoms with van der Waals surface area (Å²) in [6.45, 7) is 9.13. The van der Waals surface area contributed by atoms with Crippen LogP contribution in [0.2, 0.25) is 0 Å². The fourth-order valence-electron chi connectivity index (χ4n) is 2.96. The van der Waals surface area contributed by atoms with E-state index in [4.69, 9.17) is 0 Å². The third kappa shape index (κ3) is 5.25. The van der Waals surface area contributed by atoms with Gasteiger partial charge in [-0.3, -0.25) is 4.79 Å². The minimum Gasteiger partial charge on any atom is -0.480 e. The molecule has 0 radical (unpaired) electrons. The second-order valence-corrected chi connectivity index (χ2v) is 9.14. The van der Waals surface area contributed by atoms with E-state index in [0.29, 0.717) is 6.04 Å². The van der Waals surface area contributed by atoms with Gasteiger partial charge < -0.3 is 10.4 Å². The Balaban J connectivity index is 1.89. The Kier molecular flexibility index (Phi) is 6.15. The van der Waals surface area contributed by atoms with Gasteiger partial charge in [-0.05, 0) is 75.3 Å². The Bertz CT molecular complexity index is 554. The first-order valence-electron chi connectivity index (χ1n) is 8.55. The zero-order valence-corrected chi connectivity index (χ0v) is 15.5. The van der Waals surface area contributed by atoms with Crippen LogP contribution in [0.1, 0.15) is 51.7 Å². The van der Waals surface area contributed by atoms with Crippen molar-refractivity contribution in [2.24, 2.45) is 5.92 Å². The van der Waals surface area contributed by atoms with Gasteiger partial charge in [0.05, 0.1) is 0 Å². The highest BCUT2D eigenvalue weighted by molar-refractivity contribution is 8.01. The van der Waals surface area contributed by atoms with Gasteiger partial charge in [0.2, 0.25) is 0 Å². The van der Waals surface area contributed by atoms with E-state index >= 15 is 0 Å². The van der Waals surface area contributed by atoms with E-state index in [1.165, 1.54) is 35.7 Å². The van der Waals surface area contributed by atoms with Crippen LogP contribution in [0.25, 0.3) is 0 Å². The number of nitrogens with one attached hydrogen (secondary N) is 1. The molecule has 1 atom stereocenters. The SMILES string of the molecule is CC(C)CCCNC1Cc2ccc(SC(C)(C)C(=O)O)cc2C1. The van der Waals surface area contributed by atoms with E-state index in [9.17, 15) is 9.90 Å². The van der Waals surface area contributed by atoms with Crippen LogP contribution < -0.4 is 5.32 Å².